The maximum Gasteiger partial charge on any atom is 0.111 e. The Morgan fingerprint density at radius 3 is 2.69 bits per heavy atom. The fraction of sp³-hybridized carbons (Fsp3) is 0.667. The van der Waals surface area contributed by atoms with Crippen molar-refractivity contribution in [3.8, 4) is 0 Å². The van der Waals surface area contributed by atoms with Crippen molar-refractivity contribution in [2.75, 3.05) is 0 Å². The van der Waals surface area contributed by atoms with Crippen LogP contribution < -0.4 is 5.73 Å². The van der Waals surface area contributed by atoms with Gasteiger partial charge in [-0.05, 0) is 18.9 Å². The van der Waals surface area contributed by atoms with Crippen LogP contribution in [0.3, 0.4) is 0 Å². The van der Waals surface area contributed by atoms with E-state index in [0.29, 0.717) is 0 Å². The summed E-state index contributed by atoms with van der Waals surface area (Å²) in [4.78, 5) is 0. The van der Waals surface area contributed by atoms with Crippen LogP contribution in [0.4, 0.5) is 0 Å². The van der Waals surface area contributed by atoms with E-state index in [9.17, 15) is 5.11 Å². The lowest BCUT2D eigenvalue weighted by Crippen LogP contribution is -2.29. The first-order chi connectivity index (χ1) is 6.07. The van der Waals surface area contributed by atoms with Gasteiger partial charge in [-0.3, -0.25) is 4.68 Å². The van der Waals surface area contributed by atoms with E-state index in [-0.39, 0.29) is 6.04 Å². The Morgan fingerprint density at radius 1 is 1.69 bits per heavy atom. The average Bonchev–Trinajstić information content (AvgIpc) is 2.44. The standard InChI is InChI=1S/C9H17N3O/c1-4-7(10)9(13)8-6(2)5-11-12(8)3/h5,7,9,13H,4,10H2,1-3H3. The molecule has 0 saturated carbocycles. The first kappa shape index (κ1) is 10.2. The third-order valence-electron chi connectivity index (χ3n) is 2.33. The van der Waals surface area contributed by atoms with Crippen molar-refractivity contribution in [1.29, 1.82) is 0 Å². The zero-order valence-corrected chi connectivity index (χ0v) is 8.36. The highest BCUT2D eigenvalue weighted by molar-refractivity contribution is 5.19. The molecule has 13 heavy (non-hydrogen) atoms. The number of aryl methyl sites for hydroxylation is 2. The van der Waals surface area contributed by atoms with Gasteiger partial charge in [-0.25, -0.2) is 0 Å². The fourth-order valence-corrected chi connectivity index (χ4v) is 1.41. The molecule has 0 amide bonds. The van der Waals surface area contributed by atoms with Crippen molar-refractivity contribution in [2.45, 2.75) is 32.4 Å². The van der Waals surface area contributed by atoms with Gasteiger partial charge in [0.2, 0.25) is 0 Å². The van der Waals surface area contributed by atoms with E-state index in [1.165, 1.54) is 0 Å². The van der Waals surface area contributed by atoms with Crippen LogP contribution in [0.15, 0.2) is 6.20 Å². The number of aliphatic hydroxyl groups is 1. The number of hydrogen-bond donors (Lipinski definition) is 2. The quantitative estimate of drug-likeness (QED) is 0.717. The van der Waals surface area contributed by atoms with Gasteiger partial charge in [0.25, 0.3) is 0 Å². The lowest BCUT2D eigenvalue weighted by atomic mass is 10.0. The molecule has 2 atom stereocenters. The summed E-state index contributed by atoms with van der Waals surface area (Å²) in [6, 6.07) is -0.214. The highest BCUT2D eigenvalue weighted by Crippen LogP contribution is 2.19. The Balaban J connectivity index is 2.93. The molecule has 74 valence electrons. The van der Waals surface area contributed by atoms with Gasteiger partial charge in [-0.1, -0.05) is 6.92 Å². The summed E-state index contributed by atoms with van der Waals surface area (Å²) in [5, 5.41) is 13.9. The summed E-state index contributed by atoms with van der Waals surface area (Å²) in [6.07, 6.45) is 1.88. The van der Waals surface area contributed by atoms with Crippen molar-refractivity contribution in [3.05, 3.63) is 17.5 Å². The van der Waals surface area contributed by atoms with Crippen LogP contribution in [-0.4, -0.2) is 20.9 Å². The number of nitrogens with two attached hydrogens (primary N) is 1. The van der Waals surface area contributed by atoms with Crippen LogP contribution in [0.25, 0.3) is 0 Å². The number of hydrogen-bond acceptors (Lipinski definition) is 3. The van der Waals surface area contributed by atoms with Crippen molar-refractivity contribution >= 4 is 0 Å². The molecule has 0 radical (unpaired) electrons. The summed E-state index contributed by atoms with van der Waals surface area (Å²) < 4.78 is 1.68. The minimum Gasteiger partial charge on any atom is -0.385 e. The monoisotopic (exact) mass is 183 g/mol. The van der Waals surface area contributed by atoms with Crippen LogP contribution in [0.2, 0.25) is 0 Å². The molecule has 0 fully saturated rings. The summed E-state index contributed by atoms with van der Waals surface area (Å²) in [7, 11) is 1.81. The van der Waals surface area contributed by atoms with Crippen LogP contribution in [0, 0.1) is 6.92 Å². The molecule has 0 aliphatic heterocycles. The van der Waals surface area contributed by atoms with Crippen molar-refractivity contribution in [2.24, 2.45) is 12.8 Å². The second kappa shape index (κ2) is 3.89. The molecule has 1 heterocycles. The summed E-state index contributed by atoms with van der Waals surface area (Å²) >= 11 is 0. The SMILES string of the molecule is CCC(N)C(O)c1c(C)cnn1C. The Hall–Kier alpha value is -0.870. The molecule has 4 nitrogen and oxygen atoms in total. The molecular weight excluding hydrogens is 166 g/mol. The summed E-state index contributed by atoms with van der Waals surface area (Å²) in [5.74, 6) is 0. The molecule has 2 unspecified atom stereocenters. The summed E-state index contributed by atoms with van der Waals surface area (Å²) in [6.45, 7) is 3.88. The smallest absolute Gasteiger partial charge is 0.111 e. The molecule has 0 aliphatic carbocycles. The van der Waals surface area contributed by atoms with Gasteiger partial charge in [0.05, 0.1) is 11.9 Å². The highest BCUT2D eigenvalue weighted by atomic mass is 16.3. The van der Waals surface area contributed by atoms with E-state index in [1.807, 2.05) is 20.9 Å². The van der Waals surface area contributed by atoms with E-state index in [0.717, 1.165) is 17.7 Å². The zero-order valence-electron chi connectivity index (χ0n) is 8.36. The Morgan fingerprint density at radius 2 is 2.31 bits per heavy atom. The van der Waals surface area contributed by atoms with Crippen molar-refractivity contribution in [3.63, 3.8) is 0 Å². The largest absolute Gasteiger partial charge is 0.385 e. The van der Waals surface area contributed by atoms with Crippen LogP contribution in [-0.2, 0) is 7.05 Å². The molecule has 4 heteroatoms. The predicted octanol–water partition coefficient (Wildman–Crippen LogP) is 0.499. The van der Waals surface area contributed by atoms with Gasteiger partial charge in [-0.2, -0.15) is 5.10 Å². The minimum absolute atomic E-state index is 0.214. The normalized spacial score (nSPS) is 15.8. The van der Waals surface area contributed by atoms with Crippen LogP contribution >= 0.6 is 0 Å². The third-order valence-corrected chi connectivity index (χ3v) is 2.33. The fourth-order valence-electron chi connectivity index (χ4n) is 1.41. The molecule has 0 spiro atoms. The maximum absolute atomic E-state index is 9.85. The molecule has 0 saturated heterocycles. The Kier molecular flexibility index (Phi) is 3.06. The molecule has 1 aromatic heterocycles. The van der Waals surface area contributed by atoms with E-state index in [4.69, 9.17) is 5.73 Å². The zero-order chi connectivity index (χ0) is 10.0. The lowest BCUT2D eigenvalue weighted by Gasteiger charge is -2.18. The number of nitrogens with zero attached hydrogens (tertiary/aromatic N) is 2. The first-order valence-electron chi connectivity index (χ1n) is 4.50. The third kappa shape index (κ3) is 1.89. The van der Waals surface area contributed by atoms with Crippen LogP contribution in [0.5, 0.6) is 0 Å². The van der Waals surface area contributed by atoms with Gasteiger partial charge < -0.3 is 10.8 Å². The molecule has 0 aliphatic rings. The number of aliphatic hydroxyl groups excluding tert-OH is 1. The van der Waals surface area contributed by atoms with E-state index in [2.05, 4.69) is 5.10 Å². The second-order valence-electron chi connectivity index (χ2n) is 3.35. The van der Waals surface area contributed by atoms with Gasteiger partial charge in [0.1, 0.15) is 6.10 Å². The van der Waals surface area contributed by atoms with E-state index >= 15 is 0 Å². The minimum atomic E-state index is -0.613. The Bertz CT molecular complexity index is 263. The molecular formula is C9H17N3O. The van der Waals surface area contributed by atoms with Crippen molar-refractivity contribution < 1.29 is 5.11 Å². The topological polar surface area (TPSA) is 64.1 Å². The van der Waals surface area contributed by atoms with Crippen LogP contribution in [0.1, 0.15) is 30.7 Å². The van der Waals surface area contributed by atoms with E-state index < -0.39 is 6.10 Å². The van der Waals surface area contributed by atoms with Crippen molar-refractivity contribution in [1.82, 2.24) is 9.78 Å². The molecule has 0 bridgehead atoms. The maximum atomic E-state index is 9.85. The van der Waals surface area contributed by atoms with Gasteiger partial charge in [-0.15, -0.1) is 0 Å². The lowest BCUT2D eigenvalue weighted by molar-refractivity contribution is 0.135. The molecule has 1 aromatic rings. The predicted molar refractivity (Wildman–Crippen MR) is 51.2 cm³/mol. The molecule has 0 aromatic carbocycles. The first-order valence-corrected chi connectivity index (χ1v) is 4.50. The molecule has 3 N–H and O–H groups in total. The Labute approximate surface area is 78.4 Å². The second-order valence-corrected chi connectivity index (χ2v) is 3.35. The number of rotatable bonds is 3. The summed E-state index contributed by atoms with van der Waals surface area (Å²) in [5.41, 5.74) is 7.55. The van der Waals surface area contributed by atoms with E-state index in [1.54, 1.807) is 10.9 Å². The number of aromatic nitrogens is 2. The highest BCUT2D eigenvalue weighted by Gasteiger charge is 2.20. The van der Waals surface area contributed by atoms with Gasteiger partial charge in [0, 0.05) is 13.1 Å². The van der Waals surface area contributed by atoms with Gasteiger partial charge >= 0.3 is 0 Å². The molecule has 1 rings (SSSR count). The average molecular weight is 183 g/mol. The van der Waals surface area contributed by atoms with Gasteiger partial charge in [0.15, 0.2) is 0 Å².